The van der Waals surface area contributed by atoms with E-state index in [2.05, 4.69) is 5.32 Å². The summed E-state index contributed by atoms with van der Waals surface area (Å²) in [6, 6.07) is 4.04. The lowest BCUT2D eigenvalue weighted by atomic mass is 10.1. The second-order valence-electron chi connectivity index (χ2n) is 4.27. The highest BCUT2D eigenvalue weighted by molar-refractivity contribution is 5.98. The van der Waals surface area contributed by atoms with Gasteiger partial charge in [-0.3, -0.25) is 14.9 Å². The van der Waals surface area contributed by atoms with Crippen LogP contribution in [0.3, 0.4) is 0 Å². The number of rotatable bonds is 2. The maximum Gasteiger partial charge on any atom is 0.285 e. The van der Waals surface area contributed by atoms with Gasteiger partial charge in [-0.05, 0) is 12.1 Å². The van der Waals surface area contributed by atoms with E-state index in [4.69, 9.17) is 5.26 Å². The van der Waals surface area contributed by atoms with Crippen molar-refractivity contribution < 1.29 is 14.1 Å². The van der Waals surface area contributed by atoms with Crippen LogP contribution in [0.4, 0.5) is 10.1 Å². The first-order valence-electron chi connectivity index (χ1n) is 5.90. The Morgan fingerprint density at radius 2 is 2.35 bits per heavy atom. The molecule has 1 aliphatic heterocycles. The molecule has 1 aromatic rings. The normalized spacial score (nSPS) is 18.4. The first-order chi connectivity index (χ1) is 9.54. The van der Waals surface area contributed by atoms with Crippen molar-refractivity contribution in [2.45, 2.75) is 6.04 Å². The van der Waals surface area contributed by atoms with Gasteiger partial charge in [0.15, 0.2) is 0 Å². The molecule has 0 bridgehead atoms. The fourth-order valence-corrected chi connectivity index (χ4v) is 2.05. The van der Waals surface area contributed by atoms with Crippen LogP contribution >= 0.6 is 0 Å². The van der Waals surface area contributed by atoms with Crippen molar-refractivity contribution in [2.75, 3.05) is 19.6 Å². The van der Waals surface area contributed by atoms with Gasteiger partial charge in [-0.15, -0.1) is 0 Å². The Labute approximate surface area is 113 Å². The van der Waals surface area contributed by atoms with E-state index in [1.165, 1.54) is 4.90 Å². The highest BCUT2D eigenvalue weighted by atomic mass is 19.1. The monoisotopic (exact) mass is 278 g/mol. The van der Waals surface area contributed by atoms with Gasteiger partial charge in [-0.25, -0.2) is 4.39 Å². The average Bonchev–Trinajstić information content (AvgIpc) is 2.46. The fourth-order valence-electron chi connectivity index (χ4n) is 2.05. The molecule has 1 amide bonds. The summed E-state index contributed by atoms with van der Waals surface area (Å²) in [5.41, 5.74) is -0.802. The van der Waals surface area contributed by atoms with Crippen LogP contribution in [0, 0.1) is 27.3 Å². The van der Waals surface area contributed by atoms with Crippen molar-refractivity contribution in [1.82, 2.24) is 10.2 Å². The van der Waals surface area contributed by atoms with Crippen molar-refractivity contribution in [3.63, 3.8) is 0 Å². The fraction of sp³-hybridized carbons (Fsp3) is 0.333. The van der Waals surface area contributed by atoms with Crippen molar-refractivity contribution in [1.29, 1.82) is 5.26 Å². The second-order valence-corrected chi connectivity index (χ2v) is 4.27. The minimum atomic E-state index is -0.806. The van der Waals surface area contributed by atoms with Crippen LogP contribution in [0.25, 0.3) is 0 Å². The molecule has 0 spiro atoms. The number of nitriles is 1. The number of hydrogen-bond donors (Lipinski definition) is 1. The molecule has 2 rings (SSSR count). The average molecular weight is 278 g/mol. The van der Waals surface area contributed by atoms with Gasteiger partial charge in [0.05, 0.1) is 17.1 Å². The van der Waals surface area contributed by atoms with Crippen LogP contribution in [0.15, 0.2) is 18.2 Å². The number of carbonyl (C=O) groups is 1. The van der Waals surface area contributed by atoms with Gasteiger partial charge in [-0.2, -0.15) is 5.26 Å². The van der Waals surface area contributed by atoms with Gasteiger partial charge in [0.25, 0.3) is 11.6 Å². The van der Waals surface area contributed by atoms with E-state index in [0.717, 1.165) is 12.1 Å². The Hall–Kier alpha value is -2.53. The number of nitro benzene ring substituents is 1. The third-order valence-corrected chi connectivity index (χ3v) is 3.04. The first-order valence-corrected chi connectivity index (χ1v) is 5.90. The zero-order valence-corrected chi connectivity index (χ0v) is 10.4. The number of halogens is 1. The van der Waals surface area contributed by atoms with E-state index < -0.39 is 28.4 Å². The summed E-state index contributed by atoms with van der Waals surface area (Å²) in [6.07, 6.45) is 0. The smallest absolute Gasteiger partial charge is 0.285 e. The lowest BCUT2D eigenvalue weighted by Gasteiger charge is -2.31. The molecule has 8 heteroatoms. The van der Waals surface area contributed by atoms with Crippen LogP contribution in [0.2, 0.25) is 0 Å². The van der Waals surface area contributed by atoms with Gasteiger partial charge in [0.1, 0.15) is 17.4 Å². The van der Waals surface area contributed by atoms with Crippen LogP contribution in [0.5, 0.6) is 0 Å². The molecule has 1 aliphatic rings. The maximum absolute atomic E-state index is 13.1. The molecule has 20 heavy (non-hydrogen) atoms. The maximum atomic E-state index is 13.1. The SMILES string of the molecule is N#CC1CNCCN1C(=O)c1ccc(F)cc1[N+](=O)[O-]. The number of amides is 1. The van der Waals surface area contributed by atoms with Gasteiger partial charge >= 0.3 is 0 Å². The molecule has 0 radical (unpaired) electrons. The summed E-state index contributed by atoms with van der Waals surface area (Å²) in [7, 11) is 0. The van der Waals surface area contributed by atoms with E-state index >= 15 is 0 Å². The van der Waals surface area contributed by atoms with Crippen LogP contribution in [-0.2, 0) is 0 Å². The Morgan fingerprint density at radius 3 is 3.00 bits per heavy atom. The Kier molecular flexibility index (Phi) is 3.91. The molecule has 1 saturated heterocycles. The molecule has 7 nitrogen and oxygen atoms in total. The summed E-state index contributed by atoms with van der Waals surface area (Å²) in [6.45, 7) is 1.07. The Bertz CT molecular complexity index is 599. The summed E-state index contributed by atoms with van der Waals surface area (Å²) in [5, 5.41) is 22.9. The van der Waals surface area contributed by atoms with Crippen molar-refractivity contribution in [3.8, 4) is 6.07 Å². The van der Waals surface area contributed by atoms with Crippen LogP contribution < -0.4 is 5.32 Å². The zero-order chi connectivity index (χ0) is 14.7. The van der Waals surface area contributed by atoms with Crippen LogP contribution in [-0.4, -0.2) is 41.4 Å². The summed E-state index contributed by atoms with van der Waals surface area (Å²) < 4.78 is 13.1. The lowest BCUT2D eigenvalue weighted by Crippen LogP contribution is -2.53. The molecular formula is C12H11FN4O3. The minimum Gasteiger partial charge on any atom is -0.320 e. The zero-order valence-electron chi connectivity index (χ0n) is 10.4. The molecule has 1 unspecified atom stereocenters. The first kappa shape index (κ1) is 13.9. The highest BCUT2D eigenvalue weighted by Gasteiger charge is 2.31. The molecule has 1 fully saturated rings. The van der Waals surface area contributed by atoms with E-state index in [1.807, 2.05) is 6.07 Å². The molecule has 0 aromatic heterocycles. The molecule has 1 N–H and O–H groups in total. The topological polar surface area (TPSA) is 99.3 Å². The third kappa shape index (κ3) is 2.57. The Morgan fingerprint density at radius 1 is 1.60 bits per heavy atom. The minimum absolute atomic E-state index is 0.210. The van der Waals surface area contributed by atoms with Gasteiger partial charge in [-0.1, -0.05) is 0 Å². The molecule has 0 saturated carbocycles. The van der Waals surface area contributed by atoms with Gasteiger partial charge in [0.2, 0.25) is 0 Å². The van der Waals surface area contributed by atoms with E-state index in [1.54, 1.807) is 0 Å². The van der Waals surface area contributed by atoms with Gasteiger partial charge < -0.3 is 10.2 Å². The number of benzene rings is 1. The molecular weight excluding hydrogens is 267 g/mol. The molecule has 1 atom stereocenters. The summed E-state index contributed by atoms with van der Waals surface area (Å²) >= 11 is 0. The van der Waals surface area contributed by atoms with Crippen molar-refractivity contribution in [3.05, 3.63) is 39.7 Å². The summed E-state index contributed by atoms with van der Waals surface area (Å²) in [4.78, 5) is 23.7. The van der Waals surface area contributed by atoms with E-state index in [-0.39, 0.29) is 12.1 Å². The van der Waals surface area contributed by atoms with Crippen molar-refractivity contribution in [2.24, 2.45) is 0 Å². The van der Waals surface area contributed by atoms with Gasteiger partial charge in [0, 0.05) is 19.6 Å². The summed E-state index contributed by atoms with van der Waals surface area (Å²) in [5.74, 6) is -1.42. The van der Waals surface area contributed by atoms with E-state index in [9.17, 15) is 19.3 Å². The largest absolute Gasteiger partial charge is 0.320 e. The van der Waals surface area contributed by atoms with E-state index in [0.29, 0.717) is 19.2 Å². The lowest BCUT2D eigenvalue weighted by molar-refractivity contribution is -0.385. The second kappa shape index (κ2) is 5.63. The predicted molar refractivity (Wildman–Crippen MR) is 66.4 cm³/mol. The van der Waals surface area contributed by atoms with Crippen molar-refractivity contribution >= 4 is 11.6 Å². The number of carbonyl (C=O) groups excluding carboxylic acids is 1. The molecule has 104 valence electrons. The standard InChI is InChI=1S/C12H11FN4O3/c13-8-1-2-10(11(5-8)17(19)20)12(18)16-4-3-15-7-9(16)6-14/h1-2,5,9,15H,3-4,7H2. The molecule has 0 aliphatic carbocycles. The number of nitrogens with zero attached hydrogens (tertiary/aromatic N) is 3. The number of nitro groups is 1. The Balaban J connectivity index is 2.38. The number of nitrogens with one attached hydrogen (secondary N) is 1. The molecule has 1 heterocycles. The number of hydrogen-bond acceptors (Lipinski definition) is 5. The number of piperazine rings is 1. The third-order valence-electron chi connectivity index (χ3n) is 3.04. The quantitative estimate of drug-likeness (QED) is 0.633. The highest BCUT2D eigenvalue weighted by Crippen LogP contribution is 2.22. The van der Waals surface area contributed by atoms with Crippen LogP contribution in [0.1, 0.15) is 10.4 Å². The molecule has 1 aromatic carbocycles. The predicted octanol–water partition coefficient (Wildman–Crippen LogP) is 0.671.